The van der Waals surface area contributed by atoms with Crippen LogP contribution in [-0.4, -0.2) is 84.4 Å². The molecule has 0 bridgehead atoms. The highest BCUT2D eigenvalue weighted by atomic mass is 16.7. The molecule has 228 valence electrons. The minimum absolute atomic E-state index is 0.0793. The molecule has 2 aliphatic heterocycles. The molecule has 2 aliphatic rings. The smallest absolute Gasteiger partial charge is 0.164 e. The predicted octanol–water partition coefficient (Wildman–Crippen LogP) is 5.49. The monoisotopic (exact) mass is 566 g/mol. The lowest BCUT2D eigenvalue weighted by molar-refractivity contribution is -0.169. The molecule has 2 unspecified atom stereocenters. The van der Waals surface area contributed by atoms with E-state index in [2.05, 4.69) is 20.8 Å². The molecular weight excluding hydrogens is 516 g/mol. The van der Waals surface area contributed by atoms with E-state index in [-0.39, 0.29) is 23.8 Å². The molecule has 9 nitrogen and oxygen atoms in total. The summed E-state index contributed by atoms with van der Waals surface area (Å²) in [7, 11) is 0. The molecular formula is C31H50O9. The first-order valence-corrected chi connectivity index (χ1v) is 14.9. The van der Waals surface area contributed by atoms with E-state index in [0.717, 1.165) is 57.3 Å². The molecule has 0 aliphatic carbocycles. The van der Waals surface area contributed by atoms with Gasteiger partial charge in [-0.2, -0.15) is 0 Å². The maximum absolute atomic E-state index is 12.9. The summed E-state index contributed by atoms with van der Waals surface area (Å²) in [4.78, 5) is 12.9. The summed E-state index contributed by atoms with van der Waals surface area (Å²) in [6.45, 7) is 13.0. The second kappa shape index (κ2) is 17.9. The van der Waals surface area contributed by atoms with Crippen LogP contribution < -0.4 is 9.47 Å². The Morgan fingerprint density at radius 3 is 1.85 bits per heavy atom. The van der Waals surface area contributed by atoms with Gasteiger partial charge in [0.15, 0.2) is 29.9 Å². The Morgan fingerprint density at radius 2 is 1.32 bits per heavy atom. The lowest BCUT2D eigenvalue weighted by Crippen LogP contribution is -2.24. The van der Waals surface area contributed by atoms with E-state index in [1.54, 1.807) is 6.07 Å². The van der Waals surface area contributed by atoms with Crippen LogP contribution in [0.4, 0.5) is 0 Å². The van der Waals surface area contributed by atoms with Crippen LogP contribution in [0.15, 0.2) is 12.1 Å². The van der Waals surface area contributed by atoms with Crippen LogP contribution >= 0.6 is 0 Å². The van der Waals surface area contributed by atoms with Crippen molar-refractivity contribution in [1.82, 2.24) is 0 Å². The highest BCUT2D eigenvalue weighted by molar-refractivity contribution is 5.97. The fraction of sp³-hybridized carbons (Fsp3) is 0.774. The van der Waals surface area contributed by atoms with Crippen molar-refractivity contribution in [2.75, 3.05) is 66.1 Å². The summed E-state index contributed by atoms with van der Waals surface area (Å²) in [5, 5.41) is 0. The highest BCUT2D eigenvalue weighted by Gasteiger charge is 2.21. The Hall–Kier alpha value is -1.75. The van der Waals surface area contributed by atoms with Crippen LogP contribution in [-0.2, 0) is 28.4 Å². The number of Topliss-reactive ketones (excluding diaryl/α,β-unsaturated/α-hetero) is 1. The number of carbonyl (C=O) groups is 1. The zero-order chi connectivity index (χ0) is 28.6. The minimum Gasteiger partial charge on any atom is -0.487 e. The number of hydrogen-bond acceptors (Lipinski definition) is 9. The number of ketones is 1. The maximum Gasteiger partial charge on any atom is 0.164 e. The number of carbonyl (C=O) groups excluding carboxylic acids is 1. The molecule has 0 N–H and O–H groups in total. The number of aryl methyl sites for hydroxylation is 1. The molecule has 40 heavy (non-hydrogen) atoms. The third-order valence-corrected chi connectivity index (χ3v) is 6.55. The van der Waals surface area contributed by atoms with Gasteiger partial charge in [0.05, 0.1) is 39.6 Å². The van der Waals surface area contributed by atoms with Gasteiger partial charge in [-0.25, -0.2) is 0 Å². The highest BCUT2D eigenvalue weighted by Crippen LogP contribution is 2.34. The van der Waals surface area contributed by atoms with E-state index < -0.39 is 0 Å². The molecule has 0 saturated carbocycles. The van der Waals surface area contributed by atoms with E-state index in [1.165, 1.54) is 0 Å². The van der Waals surface area contributed by atoms with Crippen molar-refractivity contribution in [3.63, 3.8) is 0 Å². The normalized spacial score (nSPS) is 19.9. The quantitative estimate of drug-likeness (QED) is 0.169. The minimum atomic E-state index is -0.118. The van der Waals surface area contributed by atoms with Gasteiger partial charge in [0, 0.05) is 25.2 Å². The summed E-state index contributed by atoms with van der Waals surface area (Å²) in [6.07, 6.45) is 6.56. The maximum atomic E-state index is 12.9. The van der Waals surface area contributed by atoms with Crippen LogP contribution in [0.1, 0.15) is 81.6 Å². The van der Waals surface area contributed by atoms with Crippen LogP contribution in [0.5, 0.6) is 11.5 Å². The number of rotatable bonds is 18. The second-order valence-corrected chi connectivity index (χ2v) is 11.5. The van der Waals surface area contributed by atoms with Gasteiger partial charge in [-0.15, -0.1) is 0 Å². The molecule has 2 heterocycles. The summed E-state index contributed by atoms with van der Waals surface area (Å²) < 4.78 is 46.0. The van der Waals surface area contributed by atoms with E-state index in [0.29, 0.717) is 76.3 Å². The number of benzene rings is 1. The van der Waals surface area contributed by atoms with E-state index in [9.17, 15) is 4.79 Å². The van der Waals surface area contributed by atoms with Crippen LogP contribution in [0.25, 0.3) is 0 Å². The molecule has 2 atom stereocenters. The summed E-state index contributed by atoms with van der Waals surface area (Å²) in [5.74, 6) is 1.22. The molecule has 2 fully saturated rings. The molecule has 1 aromatic carbocycles. The number of ether oxygens (including phenoxy) is 8. The Balaban J connectivity index is 1.44. The van der Waals surface area contributed by atoms with Crippen molar-refractivity contribution in [3.05, 3.63) is 23.3 Å². The Kier molecular flexibility index (Phi) is 14.7. The summed E-state index contributed by atoms with van der Waals surface area (Å²) in [6, 6.07) is 3.65. The van der Waals surface area contributed by atoms with Crippen molar-refractivity contribution in [3.8, 4) is 11.5 Å². The average molecular weight is 567 g/mol. The van der Waals surface area contributed by atoms with Crippen molar-refractivity contribution >= 4 is 5.78 Å². The fourth-order valence-corrected chi connectivity index (χ4v) is 4.56. The lowest BCUT2D eigenvalue weighted by atomic mass is 9.87. The van der Waals surface area contributed by atoms with E-state index >= 15 is 0 Å². The molecule has 2 saturated heterocycles. The zero-order valence-electron chi connectivity index (χ0n) is 25.0. The standard InChI is InChI=1S/C31H50O9/c1-24-21-25(26(32)23-31(2,3)4)22-27(35-17-13-33-14-18-38-28-9-5-7-11-36-28)30(24)40-20-16-34-15-19-39-29-10-6-8-12-37-29/h21-22,28-29H,5-20,23H2,1-4H3. The van der Waals surface area contributed by atoms with Gasteiger partial charge < -0.3 is 37.9 Å². The predicted molar refractivity (Wildman–Crippen MR) is 151 cm³/mol. The van der Waals surface area contributed by atoms with Crippen LogP contribution in [0.2, 0.25) is 0 Å². The molecule has 0 spiro atoms. The second-order valence-electron chi connectivity index (χ2n) is 11.5. The van der Waals surface area contributed by atoms with Gasteiger partial charge in [0.2, 0.25) is 0 Å². The van der Waals surface area contributed by atoms with Gasteiger partial charge in [0.1, 0.15) is 13.2 Å². The lowest BCUT2D eigenvalue weighted by Gasteiger charge is -2.22. The Bertz CT molecular complexity index is 855. The van der Waals surface area contributed by atoms with Crippen LogP contribution in [0.3, 0.4) is 0 Å². The fourth-order valence-electron chi connectivity index (χ4n) is 4.56. The molecule has 3 rings (SSSR count). The average Bonchev–Trinajstić information content (AvgIpc) is 2.93. The van der Waals surface area contributed by atoms with Crippen LogP contribution in [0, 0.1) is 12.3 Å². The molecule has 0 amide bonds. The Labute approximate surface area is 240 Å². The van der Waals surface area contributed by atoms with Gasteiger partial charge in [-0.1, -0.05) is 20.8 Å². The van der Waals surface area contributed by atoms with Gasteiger partial charge in [0.25, 0.3) is 0 Å². The molecule has 0 radical (unpaired) electrons. The SMILES string of the molecule is Cc1cc(C(=O)CC(C)(C)C)cc(OCCOCCOC2CCCCO2)c1OCCOCCOC1CCCCO1. The largest absolute Gasteiger partial charge is 0.487 e. The molecule has 9 heteroatoms. The third kappa shape index (κ3) is 12.8. The van der Waals surface area contributed by atoms with E-state index in [4.69, 9.17) is 37.9 Å². The van der Waals surface area contributed by atoms with Crippen molar-refractivity contribution in [1.29, 1.82) is 0 Å². The molecule has 1 aromatic rings. The topological polar surface area (TPSA) is 90.9 Å². The number of hydrogen-bond donors (Lipinski definition) is 0. The van der Waals surface area contributed by atoms with Gasteiger partial charge in [-0.3, -0.25) is 4.79 Å². The van der Waals surface area contributed by atoms with Gasteiger partial charge >= 0.3 is 0 Å². The van der Waals surface area contributed by atoms with Crippen molar-refractivity contribution in [2.24, 2.45) is 5.41 Å². The molecule has 0 aromatic heterocycles. The Morgan fingerprint density at radius 1 is 0.775 bits per heavy atom. The van der Waals surface area contributed by atoms with Gasteiger partial charge in [-0.05, 0) is 68.6 Å². The summed E-state index contributed by atoms with van der Waals surface area (Å²) in [5.41, 5.74) is 1.36. The first-order chi connectivity index (χ1) is 19.3. The third-order valence-electron chi connectivity index (χ3n) is 6.55. The summed E-state index contributed by atoms with van der Waals surface area (Å²) >= 11 is 0. The van der Waals surface area contributed by atoms with E-state index in [1.807, 2.05) is 13.0 Å². The van der Waals surface area contributed by atoms with Crippen molar-refractivity contribution in [2.45, 2.75) is 85.2 Å². The zero-order valence-corrected chi connectivity index (χ0v) is 25.0. The van der Waals surface area contributed by atoms with Crippen molar-refractivity contribution < 1.29 is 42.7 Å². The first-order valence-electron chi connectivity index (χ1n) is 14.9. The first kappa shape index (κ1) is 32.8.